The van der Waals surface area contributed by atoms with Crippen molar-refractivity contribution in [1.82, 2.24) is 30.1 Å². The number of nitrogens with one attached hydrogen (secondary N) is 2. The monoisotopic (exact) mass is 861 g/mol. The number of halogens is 1. The fourth-order valence-electron chi connectivity index (χ4n) is 8.79. The zero-order chi connectivity index (χ0) is 44.0. The number of benzene rings is 2. The van der Waals surface area contributed by atoms with Gasteiger partial charge in [-0.3, -0.25) is 29.6 Å². The highest BCUT2D eigenvalue weighted by Crippen LogP contribution is 2.40. The van der Waals surface area contributed by atoms with Crippen LogP contribution in [0.15, 0.2) is 54.9 Å². The second-order valence-corrected chi connectivity index (χ2v) is 17.6. The van der Waals surface area contributed by atoms with E-state index in [1.54, 1.807) is 34.3 Å². The van der Waals surface area contributed by atoms with Gasteiger partial charge in [0.05, 0.1) is 37.1 Å². The average molecular weight is 862 g/mol. The molecule has 5 amide bonds. The summed E-state index contributed by atoms with van der Waals surface area (Å²) in [5.74, 6) is -0.125. The Morgan fingerprint density at radius 1 is 0.937 bits per heavy atom. The van der Waals surface area contributed by atoms with Crippen LogP contribution < -0.4 is 35.0 Å². The molecule has 9 rings (SSSR count). The molecule has 2 N–H and O–H groups in total. The van der Waals surface area contributed by atoms with E-state index in [-0.39, 0.29) is 24.7 Å². The minimum Gasteiger partial charge on any atom is -0.474 e. The molecule has 330 valence electrons. The molecule has 18 heteroatoms. The molecular formula is C45H52FN11O6. The Labute approximate surface area is 365 Å². The Kier molecular flexibility index (Phi) is 11.2. The lowest BCUT2D eigenvalue weighted by Crippen LogP contribution is -2.63. The van der Waals surface area contributed by atoms with Crippen LogP contribution in [0.5, 0.6) is 5.88 Å². The van der Waals surface area contributed by atoms with E-state index < -0.39 is 23.5 Å². The third-order valence-electron chi connectivity index (χ3n) is 12.2. The van der Waals surface area contributed by atoms with Crippen molar-refractivity contribution in [3.05, 3.63) is 83.1 Å². The molecular weight excluding hydrogens is 810 g/mol. The zero-order valence-corrected chi connectivity index (χ0v) is 36.0. The van der Waals surface area contributed by atoms with Crippen molar-refractivity contribution in [2.24, 2.45) is 0 Å². The number of carbonyl (C=O) groups is 4. The normalized spacial score (nSPS) is 18.3. The molecule has 0 bridgehead atoms. The smallest absolute Gasteiger partial charge is 0.415 e. The number of anilines is 6. The number of pyridine rings is 1. The van der Waals surface area contributed by atoms with Crippen molar-refractivity contribution in [3.8, 4) is 5.88 Å². The number of amides is 5. The highest BCUT2D eigenvalue weighted by Gasteiger charge is 2.36. The number of hydrogen-bond donors (Lipinski definition) is 2. The molecule has 0 saturated carbocycles. The molecule has 0 radical (unpaired) electrons. The van der Waals surface area contributed by atoms with Gasteiger partial charge in [-0.1, -0.05) is 12.1 Å². The van der Waals surface area contributed by atoms with Crippen molar-refractivity contribution in [2.45, 2.75) is 65.1 Å². The number of aromatic nitrogens is 3. The van der Waals surface area contributed by atoms with E-state index in [4.69, 9.17) is 14.5 Å². The van der Waals surface area contributed by atoms with Crippen LogP contribution >= 0.6 is 0 Å². The molecule has 0 spiro atoms. The van der Waals surface area contributed by atoms with Crippen molar-refractivity contribution < 1.29 is 33.0 Å². The molecule has 63 heavy (non-hydrogen) atoms. The standard InChI is InChI=1S/C45H52FN11O6/c1-28-37(24-47-41-40(28)57(18-19-62-41)44(61)63-45(2,3)4)54-12-10-30-23-48-42(50-36(30)27-54)49-31-9-8-29(35(46)21-31)20-39(59)53-16-14-52(15-17-53)34-25-55(26-34)32-6-5-7-33(22-32)56-13-11-38(58)51-43(56)60/h5-9,21-24,34H,10-20,25-27H2,1-4H3,(H,48,49,50)(H,51,58,60). The predicted molar refractivity (Wildman–Crippen MR) is 234 cm³/mol. The summed E-state index contributed by atoms with van der Waals surface area (Å²) in [6, 6.07) is 12.5. The van der Waals surface area contributed by atoms with Gasteiger partial charge in [0.1, 0.15) is 23.7 Å². The summed E-state index contributed by atoms with van der Waals surface area (Å²) in [4.78, 5) is 76.2. The Bertz CT molecular complexity index is 2450. The van der Waals surface area contributed by atoms with Crippen LogP contribution in [-0.2, 0) is 33.7 Å². The topological polar surface area (TPSA) is 169 Å². The molecule has 0 atom stereocenters. The number of ether oxygens (including phenoxy) is 2. The molecule has 2 aromatic heterocycles. The van der Waals surface area contributed by atoms with Crippen LogP contribution in [0.3, 0.4) is 0 Å². The first kappa shape index (κ1) is 41.8. The summed E-state index contributed by atoms with van der Waals surface area (Å²) < 4.78 is 27.0. The fourth-order valence-corrected chi connectivity index (χ4v) is 8.79. The summed E-state index contributed by atoms with van der Waals surface area (Å²) in [7, 11) is 0. The van der Waals surface area contributed by atoms with Crippen molar-refractivity contribution in [1.29, 1.82) is 0 Å². The van der Waals surface area contributed by atoms with Gasteiger partial charge in [0.25, 0.3) is 0 Å². The number of imide groups is 1. The highest BCUT2D eigenvalue weighted by atomic mass is 19.1. The van der Waals surface area contributed by atoms with Crippen LogP contribution in [0, 0.1) is 12.7 Å². The molecule has 0 unspecified atom stereocenters. The van der Waals surface area contributed by atoms with Crippen molar-refractivity contribution in [3.63, 3.8) is 0 Å². The highest BCUT2D eigenvalue weighted by molar-refractivity contribution is 6.05. The number of piperazine rings is 1. The Balaban J connectivity index is 0.769. The average Bonchev–Trinajstić information content (AvgIpc) is 3.23. The minimum absolute atomic E-state index is 0.0351. The summed E-state index contributed by atoms with van der Waals surface area (Å²) in [5, 5.41) is 5.52. The largest absolute Gasteiger partial charge is 0.474 e. The molecule has 2 aromatic carbocycles. The van der Waals surface area contributed by atoms with Crippen LogP contribution in [0.4, 0.5) is 48.4 Å². The molecule has 4 aromatic rings. The van der Waals surface area contributed by atoms with E-state index in [1.807, 2.05) is 56.9 Å². The van der Waals surface area contributed by atoms with Crippen LogP contribution in [0.25, 0.3) is 0 Å². The van der Waals surface area contributed by atoms with Crippen LogP contribution in [0.1, 0.15) is 49.6 Å². The second-order valence-electron chi connectivity index (χ2n) is 17.6. The summed E-state index contributed by atoms with van der Waals surface area (Å²) in [6.45, 7) is 14.0. The number of nitrogens with zero attached hydrogens (tertiary/aromatic N) is 9. The predicted octanol–water partition coefficient (Wildman–Crippen LogP) is 4.78. The third-order valence-corrected chi connectivity index (χ3v) is 12.2. The van der Waals surface area contributed by atoms with Gasteiger partial charge >= 0.3 is 12.1 Å². The van der Waals surface area contributed by atoms with Crippen molar-refractivity contribution >= 4 is 58.3 Å². The molecule has 3 saturated heterocycles. The lowest BCUT2D eigenvalue weighted by molar-refractivity contribution is -0.132. The zero-order valence-electron chi connectivity index (χ0n) is 36.0. The number of carbonyl (C=O) groups excluding carboxylic acids is 4. The maximum atomic E-state index is 15.5. The van der Waals surface area contributed by atoms with E-state index in [2.05, 4.69) is 35.3 Å². The van der Waals surface area contributed by atoms with Crippen LogP contribution in [0.2, 0.25) is 0 Å². The molecule has 5 aliphatic heterocycles. The van der Waals surface area contributed by atoms with Gasteiger partial charge in [-0.05, 0) is 75.6 Å². The first-order chi connectivity index (χ1) is 30.3. The first-order valence-corrected chi connectivity index (χ1v) is 21.5. The molecule has 17 nitrogen and oxygen atoms in total. The van der Waals surface area contributed by atoms with Gasteiger partial charge in [-0.25, -0.2) is 28.9 Å². The second kappa shape index (κ2) is 17.0. The summed E-state index contributed by atoms with van der Waals surface area (Å²) in [5.41, 5.74) is 6.08. The van der Waals surface area contributed by atoms with Crippen LogP contribution in [-0.4, -0.2) is 126 Å². The summed E-state index contributed by atoms with van der Waals surface area (Å²) >= 11 is 0. The van der Waals surface area contributed by atoms with E-state index in [0.717, 1.165) is 60.1 Å². The third kappa shape index (κ3) is 8.89. The van der Waals surface area contributed by atoms with Gasteiger partial charge in [0, 0.05) is 93.6 Å². The van der Waals surface area contributed by atoms with Gasteiger partial charge in [0.15, 0.2) is 0 Å². The minimum atomic E-state index is -0.650. The fraction of sp³-hybridized carbons (Fsp3) is 0.444. The lowest BCUT2D eigenvalue weighted by atomic mass is 10.0. The number of urea groups is 1. The lowest BCUT2D eigenvalue weighted by Gasteiger charge is -2.49. The Morgan fingerprint density at radius 2 is 1.73 bits per heavy atom. The van der Waals surface area contributed by atoms with E-state index in [9.17, 15) is 19.2 Å². The quantitative estimate of drug-likeness (QED) is 0.249. The first-order valence-electron chi connectivity index (χ1n) is 21.5. The molecule has 3 fully saturated rings. The number of rotatable bonds is 8. The number of hydrogen-bond acceptors (Lipinski definition) is 13. The van der Waals surface area contributed by atoms with Gasteiger partial charge in [0.2, 0.25) is 23.6 Å². The SMILES string of the molecule is Cc1c(N2CCc3cnc(Nc4ccc(CC(=O)N5CCN(C6CN(c7cccc(N8CCC(=O)NC8=O)c7)C6)CC5)c(F)c4)nc3C2)cnc2c1N(C(=O)OC(C)(C)C)CCO2. The maximum absolute atomic E-state index is 15.5. The number of fused-ring (bicyclic) bond motifs is 2. The molecule has 7 heterocycles. The van der Waals surface area contributed by atoms with E-state index >= 15 is 4.39 Å². The Morgan fingerprint density at radius 3 is 2.49 bits per heavy atom. The van der Waals surface area contributed by atoms with Gasteiger partial charge in [-0.2, -0.15) is 0 Å². The van der Waals surface area contributed by atoms with E-state index in [1.165, 1.54) is 6.07 Å². The Hall–Kier alpha value is -6.56. The van der Waals surface area contributed by atoms with Crippen molar-refractivity contribution in [2.75, 3.05) is 90.4 Å². The molecule has 0 aliphatic carbocycles. The molecule has 5 aliphatic rings. The summed E-state index contributed by atoms with van der Waals surface area (Å²) in [6.07, 6.45) is 4.06. The maximum Gasteiger partial charge on any atom is 0.415 e. The van der Waals surface area contributed by atoms with E-state index in [0.29, 0.717) is 87.1 Å². The van der Waals surface area contributed by atoms with Gasteiger partial charge < -0.3 is 29.5 Å². The van der Waals surface area contributed by atoms with Gasteiger partial charge in [-0.15, -0.1) is 0 Å².